The Labute approximate surface area is 158 Å². The Kier molecular flexibility index (Phi) is 3.48. The fourth-order valence-electron chi connectivity index (χ4n) is 3.19. The number of pyridine rings is 1. The number of hydrogen-bond donors (Lipinski definition) is 0. The van der Waals surface area contributed by atoms with Gasteiger partial charge in [0.05, 0.1) is 11.2 Å². The summed E-state index contributed by atoms with van der Waals surface area (Å²) in [4.78, 5) is 4.28. The van der Waals surface area contributed by atoms with Crippen molar-refractivity contribution in [2.75, 3.05) is 0 Å². The van der Waals surface area contributed by atoms with Gasteiger partial charge in [-0.1, -0.05) is 17.3 Å². The Morgan fingerprint density at radius 1 is 1.07 bits per heavy atom. The SMILES string of the molecule is Cc1cc(-c2ccc3nnc(C(C)(F)c4ccc5ncccc5c4)n3n2)on1. The second kappa shape index (κ2) is 5.91. The summed E-state index contributed by atoms with van der Waals surface area (Å²) in [7, 11) is 0. The van der Waals surface area contributed by atoms with E-state index in [2.05, 4.69) is 25.4 Å². The smallest absolute Gasteiger partial charge is 0.196 e. The molecule has 1 unspecified atom stereocenters. The molecule has 1 aromatic carbocycles. The first-order chi connectivity index (χ1) is 13.5. The molecule has 4 aromatic heterocycles. The normalized spacial score (nSPS) is 13.8. The minimum Gasteiger partial charge on any atom is -0.354 e. The molecule has 138 valence electrons. The second-order valence-corrected chi connectivity index (χ2v) is 6.76. The average Bonchev–Trinajstić information content (AvgIpc) is 3.33. The minimum absolute atomic E-state index is 0.0869. The molecule has 28 heavy (non-hydrogen) atoms. The number of alkyl halides is 1. The molecule has 0 aliphatic carbocycles. The van der Waals surface area contributed by atoms with E-state index in [0.717, 1.165) is 16.6 Å². The summed E-state index contributed by atoms with van der Waals surface area (Å²) in [5.41, 5.74) is 1.04. The van der Waals surface area contributed by atoms with Gasteiger partial charge in [0, 0.05) is 17.6 Å². The summed E-state index contributed by atoms with van der Waals surface area (Å²) in [5.74, 6) is 0.584. The quantitative estimate of drug-likeness (QED) is 0.477. The monoisotopic (exact) mass is 374 g/mol. The van der Waals surface area contributed by atoms with E-state index in [1.165, 1.54) is 11.4 Å². The summed E-state index contributed by atoms with van der Waals surface area (Å²) in [6.45, 7) is 3.27. The first-order valence-corrected chi connectivity index (χ1v) is 8.73. The zero-order valence-electron chi connectivity index (χ0n) is 15.2. The van der Waals surface area contributed by atoms with Gasteiger partial charge in [-0.05, 0) is 49.7 Å². The topological polar surface area (TPSA) is 82.0 Å². The third-order valence-electron chi connectivity index (χ3n) is 4.71. The average molecular weight is 374 g/mol. The van der Waals surface area contributed by atoms with Crippen molar-refractivity contribution in [1.82, 2.24) is 30.0 Å². The summed E-state index contributed by atoms with van der Waals surface area (Å²) in [6.07, 6.45) is 1.71. The predicted molar refractivity (Wildman–Crippen MR) is 100 cm³/mol. The van der Waals surface area contributed by atoms with Gasteiger partial charge in [-0.2, -0.15) is 9.61 Å². The van der Waals surface area contributed by atoms with Gasteiger partial charge in [-0.25, -0.2) is 4.39 Å². The van der Waals surface area contributed by atoms with Crippen LogP contribution in [0.15, 0.2) is 59.3 Å². The molecule has 1 atom stereocenters. The molecule has 0 saturated heterocycles. The molecule has 8 heteroatoms. The highest BCUT2D eigenvalue weighted by atomic mass is 19.1. The van der Waals surface area contributed by atoms with Crippen LogP contribution in [0.5, 0.6) is 0 Å². The van der Waals surface area contributed by atoms with E-state index in [0.29, 0.717) is 22.7 Å². The second-order valence-electron chi connectivity index (χ2n) is 6.76. The highest BCUT2D eigenvalue weighted by Crippen LogP contribution is 2.34. The van der Waals surface area contributed by atoms with Crippen LogP contribution < -0.4 is 0 Å². The maximum Gasteiger partial charge on any atom is 0.196 e. The Morgan fingerprint density at radius 3 is 2.79 bits per heavy atom. The molecule has 0 radical (unpaired) electrons. The summed E-state index contributed by atoms with van der Waals surface area (Å²) in [5, 5.41) is 17.3. The molecule has 5 aromatic rings. The fourth-order valence-corrected chi connectivity index (χ4v) is 3.19. The van der Waals surface area contributed by atoms with Gasteiger partial charge >= 0.3 is 0 Å². The number of nitrogens with zero attached hydrogens (tertiary/aromatic N) is 6. The maximum atomic E-state index is 16.0. The van der Waals surface area contributed by atoms with Crippen molar-refractivity contribution in [3.05, 3.63) is 71.8 Å². The predicted octanol–water partition coefficient (Wildman–Crippen LogP) is 3.87. The van der Waals surface area contributed by atoms with E-state index in [-0.39, 0.29) is 5.82 Å². The number of fused-ring (bicyclic) bond motifs is 2. The number of aromatic nitrogens is 6. The van der Waals surface area contributed by atoms with Crippen LogP contribution in [-0.4, -0.2) is 30.0 Å². The molecule has 0 spiro atoms. The van der Waals surface area contributed by atoms with Crippen LogP contribution in [0.3, 0.4) is 0 Å². The van der Waals surface area contributed by atoms with Crippen molar-refractivity contribution < 1.29 is 8.91 Å². The van der Waals surface area contributed by atoms with Crippen molar-refractivity contribution in [1.29, 1.82) is 0 Å². The Bertz CT molecular complexity index is 1320. The molecule has 0 aliphatic rings. The van der Waals surface area contributed by atoms with E-state index in [9.17, 15) is 0 Å². The molecule has 0 fully saturated rings. The lowest BCUT2D eigenvalue weighted by atomic mass is 9.95. The molecule has 0 bridgehead atoms. The first-order valence-electron chi connectivity index (χ1n) is 8.73. The van der Waals surface area contributed by atoms with Gasteiger partial charge in [0.2, 0.25) is 0 Å². The highest BCUT2D eigenvalue weighted by Gasteiger charge is 2.35. The van der Waals surface area contributed by atoms with Crippen LogP contribution in [-0.2, 0) is 5.67 Å². The van der Waals surface area contributed by atoms with Crippen LogP contribution in [0, 0.1) is 6.92 Å². The molecular weight excluding hydrogens is 359 g/mol. The van der Waals surface area contributed by atoms with Crippen LogP contribution in [0.4, 0.5) is 4.39 Å². The standard InChI is InChI=1S/C20H15FN6O/c1-12-10-17(28-26-12)16-7-8-18-23-24-19(27(18)25-16)20(2,21)14-5-6-15-13(11-14)4-3-9-22-15/h3-11H,1-2H3. The van der Waals surface area contributed by atoms with Gasteiger partial charge in [0.15, 0.2) is 22.9 Å². The van der Waals surface area contributed by atoms with Gasteiger partial charge in [0.25, 0.3) is 0 Å². The van der Waals surface area contributed by atoms with Crippen LogP contribution in [0.1, 0.15) is 24.0 Å². The molecule has 0 aliphatic heterocycles. The van der Waals surface area contributed by atoms with Crippen molar-refractivity contribution in [3.63, 3.8) is 0 Å². The zero-order chi connectivity index (χ0) is 19.3. The third-order valence-corrected chi connectivity index (χ3v) is 4.71. The Hall–Kier alpha value is -3.68. The number of halogens is 1. The van der Waals surface area contributed by atoms with E-state index < -0.39 is 5.67 Å². The molecule has 4 heterocycles. The maximum absolute atomic E-state index is 16.0. The van der Waals surface area contributed by atoms with Crippen molar-refractivity contribution in [3.8, 4) is 11.5 Å². The largest absolute Gasteiger partial charge is 0.354 e. The van der Waals surface area contributed by atoms with Crippen LogP contribution in [0.25, 0.3) is 28.0 Å². The first kappa shape index (κ1) is 16.5. The van der Waals surface area contributed by atoms with Gasteiger partial charge in [-0.3, -0.25) is 4.98 Å². The van der Waals surface area contributed by atoms with Crippen molar-refractivity contribution in [2.24, 2.45) is 0 Å². The summed E-state index contributed by atoms with van der Waals surface area (Å²) < 4.78 is 22.6. The number of rotatable bonds is 3. The molecule has 0 amide bonds. The van der Waals surface area contributed by atoms with E-state index in [1.54, 1.807) is 42.6 Å². The van der Waals surface area contributed by atoms with Crippen molar-refractivity contribution >= 4 is 16.6 Å². The Morgan fingerprint density at radius 2 is 1.96 bits per heavy atom. The molecular formula is C20H15FN6O. The van der Waals surface area contributed by atoms with Gasteiger partial charge < -0.3 is 4.52 Å². The molecule has 0 saturated carbocycles. The van der Waals surface area contributed by atoms with Gasteiger partial charge in [-0.15, -0.1) is 10.2 Å². The van der Waals surface area contributed by atoms with E-state index in [4.69, 9.17) is 4.52 Å². The minimum atomic E-state index is -1.91. The highest BCUT2D eigenvalue weighted by molar-refractivity contribution is 5.79. The van der Waals surface area contributed by atoms with E-state index in [1.807, 2.05) is 19.1 Å². The lowest BCUT2D eigenvalue weighted by Crippen LogP contribution is -2.22. The van der Waals surface area contributed by atoms with Crippen LogP contribution >= 0.6 is 0 Å². The van der Waals surface area contributed by atoms with Gasteiger partial charge in [0.1, 0.15) is 5.69 Å². The fraction of sp³-hybridized carbons (Fsp3) is 0.150. The Balaban J connectivity index is 1.65. The van der Waals surface area contributed by atoms with Crippen LogP contribution in [0.2, 0.25) is 0 Å². The summed E-state index contributed by atoms with van der Waals surface area (Å²) >= 11 is 0. The lowest BCUT2D eigenvalue weighted by Gasteiger charge is -2.19. The molecule has 7 nitrogen and oxygen atoms in total. The molecule has 0 N–H and O–H groups in total. The lowest BCUT2D eigenvalue weighted by molar-refractivity contribution is 0.231. The van der Waals surface area contributed by atoms with E-state index >= 15 is 4.39 Å². The zero-order valence-corrected chi connectivity index (χ0v) is 15.2. The number of hydrogen-bond acceptors (Lipinski definition) is 6. The number of aryl methyl sites for hydroxylation is 1. The summed E-state index contributed by atoms with van der Waals surface area (Å²) in [6, 6.07) is 14.2. The van der Waals surface area contributed by atoms with Crippen molar-refractivity contribution in [2.45, 2.75) is 19.5 Å². The number of benzene rings is 1. The third kappa shape index (κ3) is 2.53. The molecule has 5 rings (SSSR count).